The maximum atomic E-state index is 6.27. The largest absolute Gasteiger partial charge is 0.497 e. The number of halogens is 1. The first-order valence-corrected chi connectivity index (χ1v) is 7.25. The highest BCUT2D eigenvalue weighted by atomic mass is 35.5. The third-order valence-corrected chi connectivity index (χ3v) is 3.99. The Kier molecular flexibility index (Phi) is 3.01. The Morgan fingerprint density at radius 1 is 1.14 bits per heavy atom. The van der Waals surface area contributed by atoms with Crippen LogP contribution in [0.2, 0.25) is 5.15 Å². The van der Waals surface area contributed by atoms with Crippen molar-refractivity contribution in [2.24, 2.45) is 0 Å². The van der Waals surface area contributed by atoms with Crippen LogP contribution in [0.5, 0.6) is 5.75 Å². The van der Waals surface area contributed by atoms with E-state index in [1.54, 1.807) is 13.3 Å². The zero-order valence-corrected chi connectivity index (χ0v) is 12.7. The van der Waals surface area contributed by atoms with Crippen LogP contribution in [-0.4, -0.2) is 26.3 Å². The van der Waals surface area contributed by atoms with Gasteiger partial charge in [0.1, 0.15) is 16.5 Å². The van der Waals surface area contributed by atoms with Gasteiger partial charge in [-0.2, -0.15) is 9.61 Å². The number of nitrogens with zero attached hydrogens (tertiary/aromatic N) is 4. The molecule has 5 nitrogen and oxygen atoms in total. The van der Waals surface area contributed by atoms with Crippen LogP contribution in [0.3, 0.4) is 0 Å². The van der Waals surface area contributed by atoms with Gasteiger partial charge in [0.2, 0.25) is 0 Å². The average molecular weight is 313 g/mol. The zero-order valence-electron chi connectivity index (χ0n) is 11.9. The molecule has 0 aliphatic heterocycles. The van der Waals surface area contributed by atoms with Crippen molar-refractivity contribution in [3.05, 3.63) is 59.5 Å². The van der Waals surface area contributed by atoms with Crippen molar-refractivity contribution >= 4 is 28.3 Å². The fourth-order valence-corrected chi connectivity index (χ4v) is 2.86. The van der Waals surface area contributed by atoms with Gasteiger partial charge >= 0.3 is 0 Å². The molecule has 0 aliphatic rings. The summed E-state index contributed by atoms with van der Waals surface area (Å²) in [6.07, 6.45) is 3.73. The number of hydrogen-bond donors (Lipinski definition) is 0. The summed E-state index contributed by atoms with van der Waals surface area (Å²) in [4.78, 5) is 4.34. The van der Waals surface area contributed by atoms with Gasteiger partial charge < -0.3 is 9.30 Å². The molecule has 0 amide bonds. The number of hydrogen-bond acceptors (Lipinski definition) is 3. The summed E-state index contributed by atoms with van der Waals surface area (Å²) < 4.78 is 9.12. The number of ether oxygens (including phenoxy) is 1. The van der Waals surface area contributed by atoms with Gasteiger partial charge in [0.25, 0.3) is 0 Å². The lowest BCUT2D eigenvalue weighted by Gasteiger charge is -2.08. The highest BCUT2D eigenvalue weighted by Gasteiger charge is 2.12. The van der Waals surface area contributed by atoms with Crippen LogP contribution < -0.4 is 4.74 Å². The summed E-state index contributed by atoms with van der Waals surface area (Å²) in [6, 6.07) is 11.8. The maximum Gasteiger partial charge on any atom is 0.159 e. The van der Waals surface area contributed by atoms with Gasteiger partial charge in [-0.05, 0) is 23.8 Å². The third kappa shape index (κ3) is 2.02. The van der Waals surface area contributed by atoms with Gasteiger partial charge in [0, 0.05) is 18.8 Å². The lowest BCUT2D eigenvalue weighted by molar-refractivity contribution is 0.414. The Balaban J connectivity index is 1.84. The van der Waals surface area contributed by atoms with E-state index in [2.05, 4.69) is 14.6 Å². The van der Waals surface area contributed by atoms with Crippen molar-refractivity contribution in [2.75, 3.05) is 7.11 Å². The minimum Gasteiger partial charge on any atom is -0.497 e. The molecule has 0 atom stereocenters. The van der Waals surface area contributed by atoms with Crippen LogP contribution in [-0.2, 0) is 6.54 Å². The number of fused-ring (bicyclic) bond motifs is 3. The fraction of sp³-hybridized carbons (Fsp3) is 0.125. The van der Waals surface area contributed by atoms with E-state index in [1.807, 2.05) is 47.1 Å². The molecule has 0 saturated heterocycles. The number of rotatable bonds is 3. The average Bonchev–Trinajstić information content (AvgIpc) is 3.15. The first-order chi connectivity index (χ1) is 10.8. The second kappa shape index (κ2) is 5.03. The van der Waals surface area contributed by atoms with E-state index in [0.717, 1.165) is 29.0 Å². The Morgan fingerprint density at radius 2 is 1.95 bits per heavy atom. The van der Waals surface area contributed by atoms with Gasteiger partial charge in [-0.3, -0.25) is 0 Å². The zero-order chi connectivity index (χ0) is 15.1. The predicted octanol–water partition coefficient (Wildman–Crippen LogP) is 3.39. The molecule has 3 heterocycles. The van der Waals surface area contributed by atoms with Crippen LogP contribution in [0.4, 0.5) is 0 Å². The molecule has 22 heavy (non-hydrogen) atoms. The molecule has 0 aliphatic carbocycles. The molecule has 4 aromatic rings. The highest BCUT2D eigenvalue weighted by molar-refractivity contribution is 6.34. The molecule has 1 aromatic carbocycles. The van der Waals surface area contributed by atoms with Crippen LogP contribution in [0, 0.1) is 0 Å². The van der Waals surface area contributed by atoms with E-state index < -0.39 is 0 Å². The monoisotopic (exact) mass is 312 g/mol. The summed E-state index contributed by atoms with van der Waals surface area (Å²) in [5.41, 5.74) is 2.86. The quantitative estimate of drug-likeness (QED) is 0.545. The van der Waals surface area contributed by atoms with Gasteiger partial charge in [-0.1, -0.05) is 23.7 Å². The first kappa shape index (κ1) is 13.2. The Labute approximate surface area is 131 Å². The lowest BCUT2D eigenvalue weighted by atomic mass is 10.2. The first-order valence-electron chi connectivity index (χ1n) is 6.87. The van der Waals surface area contributed by atoms with E-state index in [-0.39, 0.29) is 0 Å². The van der Waals surface area contributed by atoms with E-state index in [4.69, 9.17) is 16.3 Å². The van der Waals surface area contributed by atoms with Gasteiger partial charge in [0.15, 0.2) is 5.65 Å². The van der Waals surface area contributed by atoms with Crippen LogP contribution in [0.1, 0.15) is 5.56 Å². The second-order valence-electron chi connectivity index (χ2n) is 5.03. The lowest BCUT2D eigenvalue weighted by Crippen LogP contribution is -2.03. The summed E-state index contributed by atoms with van der Waals surface area (Å²) in [5, 5.41) is 5.74. The SMILES string of the molecule is COc1ccc(Cn2ccc3c(Cl)nc4ccnn4c32)cc1. The molecule has 0 bridgehead atoms. The summed E-state index contributed by atoms with van der Waals surface area (Å²) >= 11 is 6.27. The molecule has 0 fully saturated rings. The topological polar surface area (TPSA) is 44.3 Å². The van der Waals surface area contributed by atoms with Crippen molar-refractivity contribution in [2.45, 2.75) is 6.54 Å². The fourth-order valence-electron chi connectivity index (χ4n) is 2.62. The molecule has 4 rings (SSSR count). The molecule has 0 unspecified atom stereocenters. The van der Waals surface area contributed by atoms with E-state index in [1.165, 1.54) is 5.56 Å². The summed E-state index contributed by atoms with van der Waals surface area (Å²) in [6.45, 7) is 0.725. The molecule has 0 radical (unpaired) electrons. The smallest absolute Gasteiger partial charge is 0.159 e. The van der Waals surface area contributed by atoms with Crippen LogP contribution in [0.25, 0.3) is 16.7 Å². The minimum absolute atomic E-state index is 0.497. The predicted molar refractivity (Wildman–Crippen MR) is 85.6 cm³/mol. The Morgan fingerprint density at radius 3 is 2.73 bits per heavy atom. The second-order valence-corrected chi connectivity index (χ2v) is 5.39. The van der Waals surface area contributed by atoms with Crippen LogP contribution >= 0.6 is 11.6 Å². The molecule has 110 valence electrons. The molecular weight excluding hydrogens is 300 g/mol. The third-order valence-electron chi connectivity index (χ3n) is 3.70. The van der Waals surface area contributed by atoms with Gasteiger partial charge in [-0.15, -0.1) is 0 Å². The van der Waals surface area contributed by atoms with Crippen molar-refractivity contribution in [3.63, 3.8) is 0 Å². The molecule has 3 aromatic heterocycles. The molecule has 6 heteroatoms. The molecule has 0 N–H and O–H groups in total. The van der Waals surface area contributed by atoms with Gasteiger partial charge in [0.05, 0.1) is 18.7 Å². The summed E-state index contributed by atoms with van der Waals surface area (Å²) in [5.74, 6) is 0.850. The number of aromatic nitrogens is 4. The van der Waals surface area contributed by atoms with Crippen molar-refractivity contribution in [1.82, 2.24) is 19.2 Å². The van der Waals surface area contributed by atoms with Crippen molar-refractivity contribution in [1.29, 1.82) is 0 Å². The standard InChI is InChI=1S/C16H13ClN4O/c1-22-12-4-2-11(3-5-12)10-20-9-7-13-15(17)19-14-6-8-18-21(14)16(13)20/h2-9H,10H2,1H3. The van der Waals surface area contributed by atoms with Gasteiger partial charge in [-0.25, -0.2) is 4.98 Å². The van der Waals surface area contributed by atoms with E-state index in [9.17, 15) is 0 Å². The highest BCUT2D eigenvalue weighted by Crippen LogP contribution is 2.24. The normalized spacial score (nSPS) is 11.4. The Bertz CT molecular complexity index is 956. The minimum atomic E-state index is 0.497. The van der Waals surface area contributed by atoms with Crippen LogP contribution in [0.15, 0.2) is 48.8 Å². The van der Waals surface area contributed by atoms with E-state index >= 15 is 0 Å². The number of benzene rings is 1. The molecule has 0 spiro atoms. The maximum absolute atomic E-state index is 6.27. The Hall–Kier alpha value is -2.53. The van der Waals surface area contributed by atoms with E-state index in [0.29, 0.717) is 5.15 Å². The van der Waals surface area contributed by atoms with Crippen molar-refractivity contribution in [3.8, 4) is 5.75 Å². The van der Waals surface area contributed by atoms with Crippen molar-refractivity contribution < 1.29 is 4.74 Å². The molecule has 0 saturated carbocycles. The molecular formula is C16H13ClN4O. The number of methoxy groups -OCH3 is 1. The summed E-state index contributed by atoms with van der Waals surface area (Å²) in [7, 11) is 1.66.